The van der Waals surface area contributed by atoms with Crippen LogP contribution in [0, 0.1) is 19.8 Å². The number of benzene rings is 1. The van der Waals surface area contributed by atoms with Crippen molar-refractivity contribution in [3.05, 3.63) is 34.9 Å². The van der Waals surface area contributed by atoms with E-state index in [-0.39, 0.29) is 17.7 Å². The van der Waals surface area contributed by atoms with Crippen molar-refractivity contribution >= 4 is 11.8 Å². The van der Waals surface area contributed by atoms with Gasteiger partial charge in [-0.15, -0.1) is 0 Å². The molecule has 0 bridgehead atoms. The van der Waals surface area contributed by atoms with Crippen LogP contribution >= 0.6 is 0 Å². The zero-order valence-electron chi connectivity index (χ0n) is 16.1. The number of carbonyl (C=O) groups excluding carboxylic acids is 2. The average molecular weight is 357 g/mol. The molecule has 5 heteroatoms. The van der Waals surface area contributed by atoms with Crippen LogP contribution < -0.4 is 5.32 Å². The number of aryl methyl sites for hydroxylation is 2. The first-order chi connectivity index (χ1) is 12.5. The summed E-state index contributed by atoms with van der Waals surface area (Å²) in [6, 6.07) is 5.95. The van der Waals surface area contributed by atoms with Gasteiger partial charge in [-0.05, 0) is 64.8 Å². The number of hydrogen-bond acceptors (Lipinski definition) is 3. The zero-order chi connectivity index (χ0) is 18.5. The summed E-state index contributed by atoms with van der Waals surface area (Å²) in [5.74, 6) is 0.0608. The molecule has 5 nitrogen and oxygen atoms in total. The van der Waals surface area contributed by atoms with Crippen LogP contribution in [0.5, 0.6) is 0 Å². The molecule has 0 spiro atoms. The summed E-state index contributed by atoms with van der Waals surface area (Å²) in [7, 11) is 0. The second-order valence-electron chi connectivity index (χ2n) is 7.81. The zero-order valence-corrected chi connectivity index (χ0v) is 16.1. The molecule has 2 aliphatic rings. The van der Waals surface area contributed by atoms with Crippen LogP contribution in [-0.4, -0.2) is 60.9 Å². The Labute approximate surface area is 156 Å². The van der Waals surface area contributed by atoms with Crippen LogP contribution in [0.15, 0.2) is 18.2 Å². The van der Waals surface area contributed by atoms with E-state index in [2.05, 4.69) is 16.3 Å². The average Bonchev–Trinajstić information content (AvgIpc) is 3.13. The minimum absolute atomic E-state index is 0.0476. The molecule has 2 heterocycles. The maximum absolute atomic E-state index is 12.8. The van der Waals surface area contributed by atoms with Gasteiger partial charge in [-0.3, -0.25) is 9.59 Å². The predicted molar refractivity (Wildman–Crippen MR) is 103 cm³/mol. The van der Waals surface area contributed by atoms with Crippen molar-refractivity contribution in [2.45, 2.75) is 39.5 Å². The maximum atomic E-state index is 12.8. The SMILES string of the molecule is Cc1cc(C)cc(C(=O)N2CCCC(C(=O)NCCN3CCCC3)C2)c1. The third-order valence-electron chi connectivity index (χ3n) is 5.47. The van der Waals surface area contributed by atoms with E-state index in [4.69, 9.17) is 0 Å². The van der Waals surface area contributed by atoms with Crippen LogP contribution in [0.3, 0.4) is 0 Å². The predicted octanol–water partition coefficient (Wildman–Crippen LogP) is 2.37. The minimum Gasteiger partial charge on any atom is -0.355 e. The van der Waals surface area contributed by atoms with E-state index < -0.39 is 0 Å². The summed E-state index contributed by atoms with van der Waals surface area (Å²) in [5, 5.41) is 3.08. The standard InChI is InChI=1S/C21H31N3O2/c1-16-12-17(2)14-19(13-16)21(26)24-10-5-6-18(15-24)20(25)22-7-11-23-8-3-4-9-23/h12-14,18H,3-11,15H2,1-2H3,(H,22,25). The molecule has 2 aliphatic heterocycles. The van der Waals surface area contributed by atoms with Crippen LogP contribution in [0.1, 0.15) is 47.2 Å². The molecule has 0 radical (unpaired) electrons. The first-order valence-corrected chi connectivity index (χ1v) is 9.90. The number of nitrogens with one attached hydrogen (secondary N) is 1. The highest BCUT2D eigenvalue weighted by atomic mass is 16.2. The third-order valence-corrected chi connectivity index (χ3v) is 5.47. The molecule has 0 saturated carbocycles. The number of rotatable bonds is 5. The maximum Gasteiger partial charge on any atom is 0.253 e. The largest absolute Gasteiger partial charge is 0.355 e. The van der Waals surface area contributed by atoms with Crippen molar-refractivity contribution in [1.82, 2.24) is 15.1 Å². The molecule has 3 rings (SSSR count). The van der Waals surface area contributed by atoms with Crippen molar-refractivity contribution < 1.29 is 9.59 Å². The fourth-order valence-electron chi connectivity index (χ4n) is 4.14. The topological polar surface area (TPSA) is 52.7 Å². The highest BCUT2D eigenvalue weighted by molar-refractivity contribution is 5.95. The Morgan fingerprint density at radius 1 is 1.04 bits per heavy atom. The van der Waals surface area contributed by atoms with Crippen molar-refractivity contribution in [3.8, 4) is 0 Å². The first kappa shape index (κ1) is 18.9. The molecule has 2 saturated heterocycles. The molecule has 2 amide bonds. The van der Waals surface area contributed by atoms with E-state index >= 15 is 0 Å². The summed E-state index contributed by atoms with van der Waals surface area (Å²) < 4.78 is 0. The third kappa shape index (κ3) is 4.85. The minimum atomic E-state index is -0.0859. The molecule has 0 aliphatic carbocycles. The Morgan fingerprint density at radius 3 is 2.42 bits per heavy atom. The smallest absolute Gasteiger partial charge is 0.253 e. The molecule has 26 heavy (non-hydrogen) atoms. The Morgan fingerprint density at radius 2 is 1.73 bits per heavy atom. The fourth-order valence-corrected chi connectivity index (χ4v) is 4.14. The Bertz CT molecular complexity index is 632. The number of nitrogens with zero attached hydrogens (tertiary/aromatic N) is 2. The molecule has 1 unspecified atom stereocenters. The van der Waals surface area contributed by atoms with Crippen molar-refractivity contribution in [3.63, 3.8) is 0 Å². The molecule has 142 valence electrons. The summed E-state index contributed by atoms with van der Waals surface area (Å²) in [5.41, 5.74) is 2.93. The van der Waals surface area contributed by atoms with Gasteiger partial charge in [0, 0.05) is 31.7 Å². The fraction of sp³-hybridized carbons (Fsp3) is 0.619. The molecule has 1 aromatic rings. The van der Waals surface area contributed by atoms with Crippen molar-refractivity contribution in [2.24, 2.45) is 5.92 Å². The molecule has 0 aromatic heterocycles. The molecular formula is C21H31N3O2. The van der Waals surface area contributed by atoms with Gasteiger partial charge >= 0.3 is 0 Å². The quantitative estimate of drug-likeness (QED) is 0.880. The van der Waals surface area contributed by atoms with Crippen molar-refractivity contribution in [1.29, 1.82) is 0 Å². The monoisotopic (exact) mass is 357 g/mol. The van der Waals surface area contributed by atoms with Crippen LogP contribution in [0.2, 0.25) is 0 Å². The molecule has 1 aromatic carbocycles. The van der Waals surface area contributed by atoms with Gasteiger partial charge in [0.25, 0.3) is 5.91 Å². The first-order valence-electron chi connectivity index (χ1n) is 9.90. The highest BCUT2D eigenvalue weighted by Gasteiger charge is 2.29. The van der Waals surface area contributed by atoms with Gasteiger partial charge in [-0.25, -0.2) is 0 Å². The second-order valence-corrected chi connectivity index (χ2v) is 7.81. The van der Waals surface area contributed by atoms with E-state index in [9.17, 15) is 9.59 Å². The summed E-state index contributed by atoms with van der Waals surface area (Å²) >= 11 is 0. The van der Waals surface area contributed by atoms with Gasteiger partial charge in [0.2, 0.25) is 5.91 Å². The number of carbonyl (C=O) groups is 2. The summed E-state index contributed by atoms with van der Waals surface area (Å²) in [6.45, 7) is 9.23. The second kappa shape index (κ2) is 8.67. The van der Waals surface area contributed by atoms with Crippen LogP contribution in [0.4, 0.5) is 0 Å². The van der Waals surface area contributed by atoms with Gasteiger partial charge in [0.15, 0.2) is 0 Å². The van der Waals surface area contributed by atoms with E-state index in [1.54, 1.807) is 0 Å². The van der Waals surface area contributed by atoms with Gasteiger partial charge in [0.05, 0.1) is 5.92 Å². The van der Waals surface area contributed by atoms with E-state index in [0.717, 1.165) is 55.7 Å². The summed E-state index contributed by atoms with van der Waals surface area (Å²) in [6.07, 6.45) is 4.30. The lowest BCUT2D eigenvalue weighted by Gasteiger charge is -2.32. The Hall–Kier alpha value is -1.88. The highest BCUT2D eigenvalue weighted by Crippen LogP contribution is 2.20. The number of piperidine rings is 1. The number of amides is 2. The van der Waals surface area contributed by atoms with E-state index in [1.165, 1.54) is 12.8 Å². The van der Waals surface area contributed by atoms with Gasteiger partial charge < -0.3 is 15.1 Å². The lowest BCUT2D eigenvalue weighted by molar-refractivity contribution is -0.126. The number of likely N-dealkylation sites (tertiary alicyclic amines) is 2. The lowest BCUT2D eigenvalue weighted by atomic mass is 9.96. The number of hydrogen-bond donors (Lipinski definition) is 1. The van der Waals surface area contributed by atoms with Crippen LogP contribution in [-0.2, 0) is 4.79 Å². The Balaban J connectivity index is 1.52. The van der Waals surface area contributed by atoms with E-state index in [1.807, 2.05) is 30.9 Å². The molecule has 1 atom stereocenters. The van der Waals surface area contributed by atoms with Crippen LogP contribution in [0.25, 0.3) is 0 Å². The molecule has 2 fully saturated rings. The summed E-state index contributed by atoms with van der Waals surface area (Å²) in [4.78, 5) is 29.6. The normalized spacial score (nSPS) is 21.0. The van der Waals surface area contributed by atoms with Gasteiger partial charge in [-0.2, -0.15) is 0 Å². The lowest BCUT2D eigenvalue weighted by Crippen LogP contribution is -2.46. The molecular weight excluding hydrogens is 326 g/mol. The van der Waals surface area contributed by atoms with E-state index in [0.29, 0.717) is 13.1 Å². The van der Waals surface area contributed by atoms with Gasteiger partial charge in [0.1, 0.15) is 0 Å². The molecule has 1 N–H and O–H groups in total. The van der Waals surface area contributed by atoms with Gasteiger partial charge in [-0.1, -0.05) is 17.2 Å². The Kier molecular flexibility index (Phi) is 6.30. The van der Waals surface area contributed by atoms with Crippen molar-refractivity contribution in [2.75, 3.05) is 39.3 Å².